The molecule has 3 aromatic carbocycles. The molecular weight excluding hydrogens is 873 g/mol. The van der Waals surface area contributed by atoms with Crippen LogP contribution < -0.4 is 20.0 Å². The highest BCUT2D eigenvalue weighted by atomic mass is 35.5. The van der Waals surface area contributed by atoms with Crippen molar-refractivity contribution >= 4 is 96.4 Å². The Morgan fingerprint density at radius 2 is 1.05 bits per heavy atom. The minimum atomic E-state index is 0.133. The molecule has 0 bridgehead atoms. The molecule has 3 aliphatic rings. The second-order valence-electron chi connectivity index (χ2n) is 17.2. The average molecular weight is 929 g/mol. The van der Waals surface area contributed by atoms with E-state index in [0.717, 1.165) is 132 Å². The molecule has 7 heterocycles. The lowest BCUT2D eigenvalue weighted by atomic mass is 9.92. The van der Waals surface area contributed by atoms with Crippen LogP contribution in [0.3, 0.4) is 0 Å². The van der Waals surface area contributed by atoms with Crippen molar-refractivity contribution in [3.63, 3.8) is 0 Å². The highest BCUT2D eigenvalue weighted by Gasteiger charge is 2.26. The number of rotatable bonds is 8. The van der Waals surface area contributed by atoms with Gasteiger partial charge in [0, 0.05) is 134 Å². The Balaban J connectivity index is 0.000000131. The zero-order valence-electron chi connectivity index (χ0n) is 36.5. The van der Waals surface area contributed by atoms with Crippen LogP contribution >= 0.6 is 34.8 Å². The molecule has 7 aromatic rings. The smallest absolute Gasteiger partial charge is 0.222 e. The average Bonchev–Trinajstić information content (AvgIpc) is 4.15. The van der Waals surface area contributed by atoms with Gasteiger partial charge in [-0.1, -0.05) is 34.8 Å². The first-order valence-electron chi connectivity index (χ1n) is 22.1. The maximum atomic E-state index is 11.8. The number of carbonyl (C=O) groups is 2. The number of piperidine rings is 3. The molecule has 3 saturated heterocycles. The quantitative estimate of drug-likeness (QED) is 0.117. The van der Waals surface area contributed by atoms with Gasteiger partial charge in [-0.25, -0.2) is 0 Å². The number of aromatic amines is 3. The van der Waals surface area contributed by atoms with Crippen molar-refractivity contribution < 1.29 is 9.59 Å². The van der Waals surface area contributed by atoms with Gasteiger partial charge in [-0.05, 0) is 92.8 Å². The minimum absolute atomic E-state index is 0.133. The number of halogens is 3. The molecule has 3 aliphatic heterocycles. The monoisotopic (exact) mass is 927 g/mol. The van der Waals surface area contributed by atoms with Crippen LogP contribution in [0.15, 0.2) is 73.4 Å². The van der Waals surface area contributed by atoms with Gasteiger partial charge in [0.25, 0.3) is 0 Å². The number of hydrogen-bond donors (Lipinski definition) is 4. The van der Waals surface area contributed by atoms with E-state index in [0.29, 0.717) is 35.7 Å². The van der Waals surface area contributed by atoms with Crippen molar-refractivity contribution in [3.05, 3.63) is 88.5 Å². The minimum Gasteiger partial charge on any atom is -0.371 e. The number of nitrogens with one attached hydrogen (secondary N) is 4. The fourth-order valence-electron chi connectivity index (χ4n) is 9.20. The molecule has 64 heavy (non-hydrogen) atoms. The van der Waals surface area contributed by atoms with Gasteiger partial charge in [0.2, 0.25) is 11.8 Å². The van der Waals surface area contributed by atoms with Crippen molar-refractivity contribution in [2.24, 2.45) is 11.8 Å². The van der Waals surface area contributed by atoms with Crippen LogP contribution in [0.2, 0.25) is 15.1 Å². The van der Waals surface area contributed by atoms with Gasteiger partial charge in [0.15, 0.2) is 0 Å². The normalized spacial score (nSPS) is 16.4. The Bertz CT molecular complexity index is 2640. The summed E-state index contributed by atoms with van der Waals surface area (Å²) in [7, 11) is 5.33. The van der Waals surface area contributed by atoms with E-state index in [-0.39, 0.29) is 11.8 Å². The molecule has 4 N–H and O–H groups in total. The molecule has 338 valence electrons. The Labute approximate surface area is 387 Å². The summed E-state index contributed by atoms with van der Waals surface area (Å²) in [5.74, 6) is 1.30. The van der Waals surface area contributed by atoms with Crippen LogP contribution in [-0.4, -0.2) is 117 Å². The molecule has 18 heteroatoms. The first-order chi connectivity index (χ1) is 31.0. The molecule has 2 amide bonds. The van der Waals surface area contributed by atoms with Crippen LogP contribution in [0.4, 0.5) is 17.1 Å². The van der Waals surface area contributed by atoms with E-state index < -0.39 is 0 Å². The summed E-state index contributed by atoms with van der Waals surface area (Å²) >= 11 is 18.6. The van der Waals surface area contributed by atoms with Crippen molar-refractivity contribution in [3.8, 4) is 0 Å². The van der Waals surface area contributed by atoms with E-state index in [1.54, 1.807) is 11.9 Å². The number of nitrogens with zero attached hydrogens (tertiary/aromatic N) is 9. The van der Waals surface area contributed by atoms with E-state index in [1.165, 1.54) is 5.69 Å². The van der Waals surface area contributed by atoms with Gasteiger partial charge >= 0.3 is 0 Å². The van der Waals surface area contributed by atoms with Gasteiger partial charge in [-0.3, -0.25) is 29.6 Å². The third-order valence-corrected chi connectivity index (χ3v) is 13.5. The fourth-order valence-corrected chi connectivity index (χ4v) is 9.83. The molecule has 0 atom stereocenters. The van der Waals surface area contributed by atoms with Gasteiger partial charge in [0.1, 0.15) is 0 Å². The molecule has 15 nitrogen and oxygen atoms in total. The summed E-state index contributed by atoms with van der Waals surface area (Å²) < 4.78 is 2.07. The number of amides is 2. The maximum absolute atomic E-state index is 11.8. The van der Waals surface area contributed by atoms with Crippen molar-refractivity contribution in [1.82, 2.24) is 50.6 Å². The van der Waals surface area contributed by atoms with Gasteiger partial charge < -0.3 is 24.9 Å². The summed E-state index contributed by atoms with van der Waals surface area (Å²) in [6.07, 6.45) is 17.0. The summed E-state index contributed by atoms with van der Waals surface area (Å²) in [5, 5.41) is 33.9. The van der Waals surface area contributed by atoms with E-state index >= 15 is 0 Å². The third-order valence-electron chi connectivity index (χ3n) is 12.8. The second-order valence-corrected chi connectivity index (χ2v) is 18.5. The second kappa shape index (κ2) is 20.5. The Kier molecular flexibility index (Phi) is 14.5. The number of H-pyrrole nitrogens is 3. The molecule has 0 saturated carbocycles. The topological polar surface area (TPSA) is 163 Å². The van der Waals surface area contributed by atoms with Crippen LogP contribution in [0.25, 0.3) is 32.7 Å². The summed E-state index contributed by atoms with van der Waals surface area (Å²) in [6, 6.07) is 14.2. The van der Waals surface area contributed by atoms with E-state index in [9.17, 15) is 9.59 Å². The SMILES string of the molecule is CN(C)C(=O)CC1CCN(c2cc(Cl)cc3[nH]ncc23)CC1.CNC(=O)CC1CCN(c2cc(Cl)cc3[nH]ncc23)CC1.Clc1cc(N2CCC(n3cccn3)CC2)c2cn[nH]c2c1. The number of fused-ring (bicyclic) bond motifs is 3. The van der Waals surface area contributed by atoms with Gasteiger partial charge in [0.05, 0.1) is 41.2 Å². The Morgan fingerprint density at radius 3 is 1.42 bits per heavy atom. The van der Waals surface area contributed by atoms with Crippen LogP contribution in [0.1, 0.15) is 57.4 Å². The molecular formula is C46H56Cl3N13O2. The standard InChI is InChI=1S/C16H21ClN4O.C15H16ClN5.C15H19ClN4O/c1-20(2)16(22)7-11-3-5-21(6-4-11)15-9-12(17)8-14-13(15)10-18-19-14;16-11-8-14-13(10-17-19-14)15(9-11)20-6-2-12(3-7-20)21-5-1-4-18-21;1-17-15(21)6-10-2-4-20(5-3-10)14-8-11(16)7-13-12(14)9-18-19-13/h8-11H,3-7H2,1-2H3,(H,18,19);1,4-5,8-10,12H,2-3,6-7H2,(H,17,19);7-10H,2-6H2,1H3,(H,17,21)(H,18,19). The predicted octanol–water partition coefficient (Wildman–Crippen LogP) is 8.73. The zero-order chi connectivity index (χ0) is 44.7. The number of aromatic nitrogens is 8. The number of carbonyl (C=O) groups excluding carboxylic acids is 2. The third kappa shape index (κ3) is 10.7. The number of anilines is 3. The van der Waals surface area contributed by atoms with Gasteiger partial charge in [-0.15, -0.1) is 0 Å². The molecule has 4 aromatic heterocycles. The largest absolute Gasteiger partial charge is 0.371 e. The van der Waals surface area contributed by atoms with Gasteiger partial charge in [-0.2, -0.15) is 20.4 Å². The maximum Gasteiger partial charge on any atom is 0.222 e. The molecule has 3 fully saturated rings. The van der Waals surface area contributed by atoms with Crippen molar-refractivity contribution in [1.29, 1.82) is 0 Å². The first kappa shape index (κ1) is 45.1. The number of hydrogen-bond acceptors (Lipinski definition) is 9. The molecule has 10 rings (SSSR count). The lowest BCUT2D eigenvalue weighted by molar-refractivity contribution is -0.129. The zero-order valence-corrected chi connectivity index (χ0v) is 38.8. The fraction of sp³-hybridized carbons (Fsp3) is 0.435. The van der Waals surface area contributed by atoms with Crippen LogP contribution in [0, 0.1) is 11.8 Å². The lowest BCUT2D eigenvalue weighted by Crippen LogP contribution is -2.35. The van der Waals surface area contributed by atoms with Crippen molar-refractivity contribution in [2.75, 3.05) is 75.1 Å². The number of benzene rings is 3. The predicted molar refractivity (Wildman–Crippen MR) is 258 cm³/mol. The molecule has 0 aliphatic carbocycles. The summed E-state index contributed by atoms with van der Waals surface area (Å²) in [5.41, 5.74) is 6.35. The summed E-state index contributed by atoms with van der Waals surface area (Å²) in [6.45, 7) is 5.80. The molecule has 0 spiro atoms. The highest BCUT2D eigenvalue weighted by molar-refractivity contribution is 6.32. The molecule has 0 unspecified atom stereocenters. The Morgan fingerprint density at radius 1 is 0.641 bits per heavy atom. The first-order valence-corrected chi connectivity index (χ1v) is 23.2. The Hall–Kier alpha value is -5.51. The van der Waals surface area contributed by atoms with E-state index in [2.05, 4.69) is 60.4 Å². The van der Waals surface area contributed by atoms with Crippen LogP contribution in [-0.2, 0) is 9.59 Å². The van der Waals surface area contributed by atoms with Crippen LogP contribution in [0.5, 0.6) is 0 Å². The van der Waals surface area contributed by atoms with E-state index in [1.807, 2.05) is 87.5 Å². The highest BCUT2D eigenvalue weighted by Crippen LogP contribution is 2.36. The van der Waals surface area contributed by atoms with E-state index in [4.69, 9.17) is 34.8 Å². The van der Waals surface area contributed by atoms with Crippen molar-refractivity contribution in [2.45, 2.75) is 57.4 Å². The lowest BCUT2D eigenvalue weighted by Gasteiger charge is -2.34. The summed E-state index contributed by atoms with van der Waals surface area (Å²) in [4.78, 5) is 32.0. The molecule has 0 radical (unpaired) electrons.